The van der Waals surface area contributed by atoms with Crippen molar-refractivity contribution in [1.82, 2.24) is 14.3 Å². The Hall–Kier alpha value is -2.24. The number of nitrogen functional groups attached to an aromatic ring is 1. The van der Waals surface area contributed by atoms with Gasteiger partial charge in [-0.3, -0.25) is 9.48 Å². The van der Waals surface area contributed by atoms with Crippen molar-refractivity contribution < 1.29 is 4.79 Å². The first-order valence-corrected chi connectivity index (χ1v) is 5.75. The number of amides is 1. The second-order valence-corrected chi connectivity index (χ2v) is 4.49. The van der Waals surface area contributed by atoms with E-state index >= 15 is 0 Å². The monoisotopic (exact) mass is 247 g/mol. The average Bonchev–Trinajstić information content (AvgIpc) is 2.85. The second kappa shape index (κ2) is 4.56. The summed E-state index contributed by atoms with van der Waals surface area (Å²) >= 11 is 0. The number of nitrogens with two attached hydrogens (primary N) is 1. The zero-order valence-corrected chi connectivity index (χ0v) is 10.7. The molecule has 0 atom stereocenters. The van der Waals surface area contributed by atoms with E-state index in [1.165, 1.54) is 0 Å². The summed E-state index contributed by atoms with van der Waals surface area (Å²) in [5.41, 5.74) is 6.85. The van der Waals surface area contributed by atoms with Gasteiger partial charge < -0.3 is 15.6 Å². The van der Waals surface area contributed by atoms with Crippen molar-refractivity contribution in [3.8, 4) is 0 Å². The van der Waals surface area contributed by atoms with E-state index in [1.807, 2.05) is 18.4 Å². The molecule has 0 aliphatic carbocycles. The highest BCUT2D eigenvalue weighted by Gasteiger charge is 2.15. The Morgan fingerprint density at radius 2 is 2.22 bits per heavy atom. The molecule has 2 aromatic heterocycles. The molecular formula is C12H17N5O. The Kier molecular flexibility index (Phi) is 3.10. The number of nitrogens with zero attached hydrogens (tertiary/aromatic N) is 3. The first-order chi connectivity index (χ1) is 8.47. The van der Waals surface area contributed by atoms with E-state index in [4.69, 9.17) is 5.73 Å². The molecule has 0 aliphatic rings. The van der Waals surface area contributed by atoms with Gasteiger partial charge in [0.05, 0.1) is 5.69 Å². The molecule has 0 spiro atoms. The van der Waals surface area contributed by atoms with Gasteiger partial charge in [-0.05, 0) is 19.9 Å². The van der Waals surface area contributed by atoms with E-state index < -0.39 is 0 Å². The summed E-state index contributed by atoms with van der Waals surface area (Å²) < 4.78 is 3.47. The van der Waals surface area contributed by atoms with Crippen LogP contribution in [0.25, 0.3) is 0 Å². The van der Waals surface area contributed by atoms with Crippen molar-refractivity contribution in [2.75, 3.05) is 11.1 Å². The quantitative estimate of drug-likeness (QED) is 0.865. The van der Waals surface area contributed by atoms with Crippen LogP contribution in [0.4, 0.5) is 11.5 Å². The summed E-state index contributed by atoms with van der Waals surface area (Å²) in [5, 5.41) is 6.84. The van der Waals surface area contributed by atoms with Crippen LogP contribution in [0, 0.1) is 0 Å². The molecule has 18 heavy (non-hydrogen) atoms. The molecule has 6 heteroatoms. The lowest BCUT2D eigenvalue weighted by Crippen LogP contribution is -2.18. The average molecular weight is 247 g/mol. The molecule has 2 rings (SSSR count). The summed E-state index contributed by atoms with van der Waals surface area (Å²) in [6.45, 7) is 3.99. The Morgan fingerprint density at radius 3 is 2.78 bits per heavy atom. The smallest absolute Gasteiger partial charge is 0.273 e. The predicted molar refractivity (Wildman–Crippen MR) is 70.4 cm³/mol. The van der Waals surface area contributed by atoms with Crippen LogP contribution in [0.2, 0.25) is 0 Å². The highest BCUT2D eigenvalue weighted by Crippen LogP contribution is 2.17. The van der Waals surface area contributed by atoms with Crippen LogP contribution in [0.15, 0.2) is 24.5 Å². The van der Waals surface area contributed by atoms with E-state index in [2.05, 4.69) is 10.4 Å². The minimum Gasteiger partial charge on any atom is -0.397 e. The van der Waals surface area contributed by atoms with E-state index in [0.29, 0.717) is 17.2 Å². The normalized spacial score (nSPS) is 10.9. The third-order valence-corrected chi connectivity index (χ3v) is 2.61. The molecule has 0 saturated carbocycles. The lowest BCUT2D eigenvalue weighted by atomic mass is 10.3. The van der Waals surface area contributed by atoms with E-state index in [1.54, 1.807) is 36.3 Å². The Bertz CT molecular complexity index is 567. The van der Waals surface area contributed by atoms with Crippen molar-refractivity contribution in [3.63, 3.8) is 0 Å². The molecular weight excluding hydrogens is 230 g/mol. The summed E-state index contributed by atoms with van der Waals surface area (Å²) in [6, 6.07) is 3.58. The van der Waals surface area contributed by atoms with Gasteiger partial charge in [0.25, 0.3) is 5.91 Å². The molecule has 96 valence electrons. The molecule has 0 unspecified atom stereocenters. The predicted octanol–water partition coefficient (Wildman–Crippen LogP) is 1.64. The minimum atomic E-state index is -0.209. The van der Waals surface area contributed by atoms with Gasteiger partial charge in [-0.25, -0.2) is 0 Å². The standard InChI is InChI=1S/C12H17N5O/c1-8(2)17-7-9(13)6-10(17)12(18)14-11-4-5-16(3)15-11/h4-8H,13H2,1-3H3,(H,14,15,18). The number of carbonyl (C=O) groups excluding carboxylic acids is 1. The fraction of sp³-hybridized carbons (Fsp3) is 0.333. The van der Waals surface area contributed by atoms with Gasteiger partial charge in [0.15, 0.2) is 5.82 Å². The molecule has 0 fully saturated rings. The fourth-order valence-corrected chi connectivity index (χ4v) is 1.77. The summed E-state index contributed by atoms with van der Waals surface area (Å²) in [5.74, 6) is 0.316. The van der Waals surface area contributed by atoms with E-state index in [-0.39, 0.29) is 11.9 Å². The van der Waals surface area contributed by atoms with Crippen molar-refractivity contribution in [2.24, 2.45) is 7.05 Å². The molecule has 2 aromatic rings. The summed E-state index contributed by atoms with van der Waals surface area (Å²) in [6.07, 6.45) is 3.53. The molecule has 0 aliphatic heterocycles. The molecule has 3 N–H and O–H groups in total. The van der Waals surface area contributed by atoms with Gasteiger partial charge in [-0.1, -0.05) is 0 Å². The van der Waals surface area contributed by atoms with Crippen LogP contribution in [0.1, 0.15) is 30.4 Å². The maximum absolute atomic E-state index is 12.1. The molecule has 0 aromatic carbocycles. The third kappa shape index (κ3) is 2.37. The van der Waals surface area contributed by atoms with Crippen LogP contribution in [-0.2, 0) is 7.05 Å². The van der Waals surface area contributed by atoms with Crippen LogP contribution < -0.4 is 11.1 Å². The number of aromatic nitrogens is 3. The van der Waals surface area contributed by atoms with Gasteiger partial charge in [0.2, 0.25) is 0 Å². The van der Waals surface area contributed by atoms with Gasteiger partial charge in [-0.2, -0.15) is 5.10 Å². The summed E-state index contributed by atoms with van der Waals surface area (Å²) in [4.78, 5) is 12.1. The number of rotatable bonds is 3. The SMILES string of the molecule is CC(C)n1cc(N)cc1C(=O)Nc1ccn(C)n1. The largest absolute Gasteiger partial charge is 0.397 e. The molecule has 6 nitrogen and oxygen atoms in total. The van der Waals surface area contributed by atoms with E-state index in [0.717, 1.165) is 0 Å². The highest BCUT2D eigenvalue weighted by molar-refractivity contribution is 6.03. The third-order valence-electron chi connectivity index (χ3n) is 2.61. The summed E-state index contributed by atoms with van der Waals surface area (Å²) in [7, 11) is 1.80. The Morgan fingerprint density at radius 1 is 1.50 bits per heavy atom. The van der Waals surface area contributed by atoms with Crippen molar-refractivity contribution in [1.29, 1.82) is 0 Å². The van der Waals surface area contributed by atoms with Crippen LogP contribution >= 0.6 is 0 Å². The second-order valence-electron chi connectivity index (χ2n) is 4.49. The maximum atomic E-state index is 12.1. The fourth-order valence-electron chi connectivity index (χ4n) is 1.77. The molecule has 2 heterocycles. The first kappa shape index (κ1) is 12.2. The number of carbonyl (C=O) groups is 1. The lowest BCUT2D eigenvalue weighted by molar-refractivity contribution is 0.101. The van der Waals surface area contributed by atoms with Gasteiger partial charge in [-0.15, -0.1) is 0 Å². The highest BCUT2D eigenvalue weighted by atomic mass is 16.2. The van der Waals surface area contributed by atoms with Crippen LogP contribution in [0.5, 0.6) is 0 Å². The first-order valence-electron chi connectivity index (χ1n) is 5.75. The van der Waals surface area contributed by atoms with Gasteiger partial charge in [0.1, 0.15) is 5.69 Å². The number of hydrogen-bond donors (Lipinski definition) is 2. The topological polar surface area (TPSA) is 77.9 Å². The lowest BCUT2D eigenvalue weighted by Gasteiger charge is -2.11. The van der Waals surface area contributed by atoms with E-state index in [9.17, 15) is 4.79 Å². The molecule has 0 radical (unpaired) electrons. The Balaban J connectivity index is 2.23. The zero-order chi connectivity index (χ0) is 13.3. The maximum Gasteiger partial charge on any atom is 0.273 e. The number of anilines is 2. The van der Waals surface area contributed by atoms with Crippen molar-refractivity contribution in [2.45, 2.75) is 19.9 Å². The number of nitrogens with one attached hydrogen (secondary N) is 1. The number of aryl methyl sites for hydroxylation is 1. The molecule has 1 amide bonds. The Labute approximate surface area is 105 Å². The van der Waals surface area contributed by atoms with Crippen molar-refractivity contribution in [3.05, 3.63) is 30.2 Å². The molecule has 0 saturated heterocycles. The molecule has 0 bridgehead atoms. The van der Waals surface area contributed by atoms with Crippen LogP contribution in [-0.4, -0.2) is 20.3 Å². The van der Waals surface area contributed by atoms with Crippen LogP contribution in [0.3, 0.4) is 0 Å². The van der Waals surface area contributed by atoms with Crippen molar-refractivity contribution >= 4 is 17.4 Å². The zero-order valence-electron chi connectivity index (χ0n) is 10.7. The van der Waals surface area contributed by atoms with Gasteiger partial charge >= 0.3 is 0 Å². The van der Waals surface area contributed by atoms with Gasteiger partial charge in [0, 0.05) is 31.5 Å². The minimum absolute atomic E-state index is 0.173. The number of hydrogen-bond acceptors (Lipinski definition) is 3.